The molecule has 1 atom stereocenters. The fourth-order valence-electron chi connectivity index (χ4n) is 6.38. The highest BCUT2D eigenvalue weighted by Gasteiger charge is 2.26. The lowest BCUT2D eigenvalue weighted by molar-refractivity contribution is 0.100. The molecule has 0 spiro atoms. The van der Waals surface area contributed by atoms with Gasteiger partial charge in [-0.1, -0.05) is 35.9 Å². The topological polar surface area (TPSA) is 105 Å². The van der Waals surface area contributed by atoms with Crippen molar-refractivity contribution in [3.8, 4) is 11.1 Å². The van der Waals surface area contributed by atoms with E-state index in [1.54, 1.807) is 25.4 Å². The van der Waals surface area contributed by atoms with Crippen LogP contribution in [0.5, 0.6) is 0 Å². The molecule has 2 amide bonds. The van der Waals surface area contributed by atoms with Crippen LogP contribution in [0.1, 0.15) is 55.6 Å². The molecule has 4 aromatic rings. The third-order valence-corrected chi connectivity index (χ3v) is 9.40. The Morgan fingerprint density at radius 2 is 1.79 bits per heavy atom. The van der Waals surface area contributed by atoms with Gasteiger partial charge in [-0.2, -0.15) is 0 Å². The van der Waals surface area contributed by atoms with E-state index in [9.17, 15) is 14.0 Å². The van der Waals surface area contributed by atoms with Crippen LogP contribution in [0.15, 0.2) is 48.7 Å². The summed E-state index contributed by atoms with van der Waals surface area (Å²) in [5.74, 6) is -0.359. The number of halogens is 2. The minimum absolute atomic E-state index is 0.251. The molecule has 0 saturated carbocycles. The number of carbonyl (C=O) groups is 2. The molecule has 6 rings (SSSR count). The summed E-state index contributed by atoms with van der Waals surface area (Å²) in [5.41, 5.74) is 7.37. The predicted octanol–water partition coefficient (Wildman–Crippen LogP) is 5.63. The minimum atomic E-state index is -0.812. The van der Waals surface area contributed by atoms with Crippen LogP contribution in [0.3, 0.4) is 0 Å². The number of likely N-dealkylation sites (N-methyl/N-ethyl adjacent to an activating group) is 1. The molecule has 0 aliphatic carbocycles. The summed E-state index contributed by atoms with van der Waals surface area (Å²) in [6.45, 7) is 5.47. The second kappa shape index (κ2) is 13.9. The number of pyridine rings is 1. The third kappa shape index (κ3) is 6.94. The van der Waals surface area contributed by atoms with E-state index in [1.807, 2.05) is 60.8 Å². The first-order valence-electron chi connectivity index (χ1n) is 15.7. The summed E-state index contributed by atoms with van der Waals surface area (Å²) in [6, 6.07) is 12.8. The number of carbonyl (C=O) groups excluding carboxylic acids is 2. The lowest BCUT2D eigenvalue weighted by atomic mass is 9.98. The third-order valence-electron chi connectivity index (χ3n) is 8.99. The molecule has 246 valence electrons. The van der Waals surface area contributed by atoms with Gasteiger partial charge in [-0.05, 0) is 60.8 Å². The van der Waals surface area contributed by atoms with Crippen LogP contribution in [0.25, 0.3) is 11.1 Å². The number of likely N-dealkylation sites (tertiary alicyclic amines) is 1. The zero-order valence-corrected chi connectivity index (χ0v) is 27.8. The molecule has 1 saturated heterocycles. The Balaban J connectivity index is 1.20. The molecule has 2 aromatic carbocycles. The molecule has 2 aromatic heterocycles. The molecule has 0 unspecified atom stereocenters. The van der Waals surface area contributed by atoms with E-state index in [2.05, 4.69) is 25.5 Å². The Kier molecular flexibility index (Phi) is 9.70. The van der Waals surface area contributed by atoms with E-state index in [1.165, 1.54) is 0 Å². The molecule has 2 N–H and O–H groups in total. The van der Waals surface area contributed by atoms with Gasteiger partial charge in [0.15, 0.2) is 5.82 Å². The number of rotatable bonds is 9. The van der Waals surface area contributed by atoms with Crippen LogP contribution in [0.4, 0.5) is 15.8 Å². The average molecular weight is 660 g/mol. The highest BCUT2D eigenvalue weighted by molar-refractivity contribution is 6.36. The van der Waals surface area contributed by atoms with Gasteiger partial charge in [-0.15, -0.1) is 0 Å². The molecule has 12 heteroatoms. The zero-order valence-electron chi connectivity index (χ0n) is 27.1. The number of aromatic nitrogens is 3. The number of benzene rings is 2. The van der Waals surface area contributed by atoms with Gasteiger partial charge in [-0.25, -0.2) is 9.37 Å². The average Bonchev–Trinajstić information content (AvgIpc) is 3.61. The van der Waals surface area contributed by atoms with Gasteiger partial charge in [0.05, 0.1) is 23.0 Å². The molecule has 47 heavy (non-hydrogen) atoms. The summed E-state index contributed by atoms with van der Waals surface area (Å²) in [4.78, 5) is 40.1. The molecular formula is C35H39ClFN7O3. The van der Waals surface area contributed by atoms with Crippen molar-refractivity contribution in [3.63, 3.8) is 0 Å². The monoisotopic (exact) mass is 659 g/mol. The van der Waals surface area contributed by atoms with Gasteiger partial charge < -0.3 is 24.8 Å². The van der Waals surface area contributed by atoms with Crippen molar-refractivity contribution in [2.75, 3.05) is 44.4 Å². The first-order valence-corrected chi connectivity index (χ1v) is 16.1. The number of nitrogens with zero attached hydrogens (tertiary/aromatic N) is 5. The zero-order chi connectivity index (χ0) is 33.2. The van der Waals surface area contributed by atoms with E-state index >= 15 is 0 Å². The summed E-state index contributed by atoms with van der Waals surface area (Å²) in [7, 11) is 5.51. The van der Waals surface area contributed by atoms with Gasteiger partial charge in [0.25, 0.3) is 11.8 Å². The number of imidazole rings is 1. The number of alkyl halides is 1. The van der Waals surface area contributed by atoms with Gasteiger partial charge in [-0.3, -0.25) is 19.5 Å². The van der Waals surface area contributed by atoms with E-state index in [0.717, 1.165) is 46.6 Å². The van der Waals surface area contributed by atoms with Crippen LogP contribution < -0.4 is 10.6 Å². The Bertz CT molecular complexity index is 1830. The number of amides is 2. The van der Waals surface area contributed by atoms with Crippen molar-refractivity contribution in [1.82, 2.24) is 24.3 Å². The smallest absolute Gasteiger partial charge is 0.291 e. The van der Waals surface area contributed by atoms with Crippen molar-refractivity contribution in [2.24, 2.45) is 7.05 Å². The second-order valence-corrected chi connectivity index (χ2v) is 12.7. The first-order chi connectivity index (χ1) is 22.6. The molecule has 2 aliphatic rings. The standard InChI is InChI=1S/C35H39ClFN7O3/c1-21-25(26-8-6-10-28(32(26)36)41-35(46)33-39-30-19-42(2)13-12-31(30)43(33)3)7-5-9-27(21)40-34(45)29-15-22(20-47-4)23(16-38-29)17-44-14-11-24(37)18-44/h5-10,15-16,24H,11-14,17-20H2,1-4H3,(H,40,45)(H,41,46)/t24-/m1/s1. The Labute approximate surface area is 278 Å². The highest BCUT2D eigenvalue weighted by Crippen LogP contribution is 2.37. The molecule has 1 fully saturated rings. The van der Waals surface area contributed by atoms with Crippen LogP contribution in [0, 0.1) is 6.92 Å². The van der Waals surface area contributed by atoms with E-state index in [4.69, 9.17) is 16.3 Å². The maximum Gasteiger partial charge on any atom is 0.291 e. The van der Waals surface area contributed by atoms with Crippen molar-refractivity contribution in [3.05, 3.63) is 93.3 Å². The van der Waals surface area contributed by atoms with Crippen LogP contribution in [-0.4, -0.2) is 76.1 Å². The number of fused-ring (bicyclic) bond motifs is 1. The molecule has 4 heterocycles. The van der Waals surface area contributed by atoms with Crippen molar-refractivity contribution in [1.29, 1.82) is 0 Å². The molecule has 10 nitrogen and oxygen atoms in total. The lowest BCUT2D eigenvalue weighted by Crippen LogP contribution is -2.27. The van der Waals surface area contributed by atoms with Gasteiger partial charge in [0.2, 0.25) is 0 Å². The highest BCUT2D eigenvalue weighted by atomic mass is 35.5. The minimum Gasteiger partial charge on any atom is -0.380 e. The molecule has 0 radical (unpaired) electrons. The van der Waals surface area contributed by atoms with E-state index < -0.39 is 6.17 Å². The summed E-state index contributed by atoms with van der Waals surface area (Å²) in [5, 5.41) is 6.33. The second-order valence-electron chi connectivity index (χ2n) is 12.3. The van der Waals surface area contributed by atoms with Crippen LogP contribution >= 0.6 is 11.6 Å². The molecule has 0 bridgehead atoms. The van der Waals surface area contributed by atoms with Gasteiger partial charge in [0, 0.05) is 76.4 Å². The maximum absolute atomic E-state index is 13.7. The van der Waals surface area contributed by atoms with Crippen LogP contribution in [0.2, 0.25) is 5.02 Å². The Morgan fingerprint density at radius 1 is 1.04 bits per heavy atom. The van der Waals surface area contributed by atoms with Gasteiger partial charge >= 0.3 is 0 Å². The summed E-state index contributed by atoms with van der Waals surface area (Å²) < 4.78 is 21.0. The fourth-order valence-corrected chi connectivity index (χ4v) is 6.65. The number of hydrogen-bond donors (Lipinski definition) is 2. The normalized spacial score (nSPS) is 16.7. The van der Waals surface area contributed by atoms with E-state index in [-0.39, 0.29) is 17.5 Å². The van der Waals surface area contributed by atoms with Crippen LogP contribution in [-0.2, 0) is 37.9 Å². The van der Waals surface area contributed by atoms with Crippen molar-refractivity contribution in [2.45, 2.75) is 45.6 Å². The summed E-state index contributed by atoms with van der Waals surface area (Å²) >= 11 is 6.91. The number of nitrogens with one attached hydrogen (secondary N) is 2. The Morgan fingerprint density at radius 3 is 2.53 bits per heavy atom. The first kappa shape index (κ1) is 32.8. The Hall–Kier alpha value is -4.16. The number of hydrogen-bond acceptors (Lipinski definition) is 7. The van der Waals surface area contributed by atoms with Crippen molar-refractivity contribution >= 4 is 34.8 Å². The summed E-state index contributed by atoms with van der Waals surface area (Å²) in [6.07, 6.45) is 2.23. The molecular weight excluding hydrogens is 621 g/mol. The lowest BCUT2D eigenvalue weighted by Gasteiger charge is -2.21. The molecule has 2 aliphatic heterocycles. The van der Waals surface area contributed by atoms with Crippen molar-refractivity contribution < 1.29 is 18.7 Å². The number of anilines is 2. The number of methoxy groups -OCH3 is 1. The SMILES string of the molecule is COCc1cc(C(=O)Nc2cccc(-c3cccc(NC(=O)c4nc5c(n4C)CCN(C)C5)c3Cl)c2C)ncc1CN1CC[C@@H](F)C1. The van der Waals surface area contributed by atoms with Gasteiger partial charge in [0.1, 0.15) is 11.9 Å². The predicted molar refractivity (Wildman–Crippen MR) is 181 cm³/mol. The fraction of sp³-hybridized carbons (Fsp3) is 0.371. The quantitative estimate of drug-likeness (QED) is 0.240. The number of ether oxygens (including phenoxy) is 1. The van der Waals surface area contributed by atoms with E-state index in [0.29, 0.717) is 67.0 Å². The maximum atomic E-state index is 13.7. The largest absolute Gasteiger partial charge is 0.380 e.